The monoisotopic (exact) mass is 355 g/mol. The van der Waals surface area contributed by atoms with Crippen molar-refractivity contribution in [3.05, 3.63) is 64.5 Å². The third-order valence-electron chi connectivity index (χ3n) is 4.79. The molecular weight excluding hydrogens is 333 g/mol. The van der Waals surface area contributed by atoms with Gasteiger partial charge in [0.2, 0.25) is 0 Å². The Morgan fingerprint density at radius 1 is 1.27 bits per heavy atom. The number of fused-ring (bicyclic) bond motifs is 1. The third kappa shape index (κ3) is 3.62. The highest BCUT2D eigenvalue weighted by Crippen LogP contribution is 2.40. The van der Waals surface area contributed by atoms with Gasteiger partial charge >= 0.3 is 0 Å². The highest BCUT2D eigenvalue weighted by molar-refractivity contribution is 6.04. The van der Waals surface area contributed by atoms with Crippen LogP contribution in [0.5, 0.6) is 5.75 Å². The van der Waals surface area contributed by atoms with Gasteiger partial charge < -0.3 is 10.1 Å². The molecule has 0 unspecified atom stereocenters. The van der Waals surface area contributed by atoms with Gasteiger partial charge in [-0.3, -0.25) is 9.59 Å². The maximum atomic E-state index is 13.0. The Bertz CT molecular complexity index is 845. The van der Waals surface area contributed by atoms with Crippen molar-refractivity contribution in [2.75, 3.05) is 6.61 Å². The van der Waals surface area contributed by atoms with E-state index in [9.17, 15) is 14.0 Å². The number of ketones is 1. The molecule has 0 radical (unpaired) electrons. The van der Waals surface area contributed by atoms with Gasteiger partial charge in [-0.2, -0.15) is 0 Å². The summed E-state index contributed by atoms with van der Waals surface area (Å²) in [5, 5.41) is 2.81. The lowest BCUT2D eigenvalue weighted by Gasteiger charge is -2.16. The molecule has 136 valence electrons. The van der Waals surface area contributed by atoms with E-state index in [2.05, 4.69) is 5.32 Å². The van der Waals surface area contributed by atoms with Crippen LogP contribution < -0.4 is 10.1 Å². The average Bonchev–Trinajstić information content (AvgIpc) is 2.90. The van der Waals surface area contributed by atoms with E-state index in [-0.39, 0.29) is 36.1 Å². The fraction of sp³-hybridized carbons (Fsp3) is 0.333. The number of carbonyl (C=O) groups is 2. The van der Waals surface area contributed by atoms with Gasteiger partial charge in [0, 0.05) is 6.42 Å². The van der Waals surface area contributed by atoms with Crippen LogP contribution in [0.15, 0.2) is 36.4 Å². The summed E-state index contributed by atoms with van der Waals surface area (Å²) in [4.78, 5) is 24.5. The summed E-state index contributed by atoms with van der Waals surface area (Å²) in [5.41, 5.74) is 3.50. The molecule has 0 fully saturated rings. The quantitative estimate of drug-likeness (QED) is 0.879. The molecule has 1 aliphatic carbocycles. The Labute approximate surface area is 152 Å². The Balaban J connectivity index is 1.65. The summed E-state index contributed by atoms with van der Waals surface area (Å²) in [5.74, 6) is 0.0848. The molecule has 5 heteroatoms. The Morgan fingerprint density at radius 2 is 1.96 bits per heavy atom. The Hall–Kier alpha value is -2.69. The topological polar surface area (TPSA) is 55.4 Å². The fourth-order valence-corrected chi connectivity index (χ4v) is 3.49. The van der Waals surface area contributed by atoms with Crippen molar-refractivity contribution in [1.82, 2.24) is 5.32 Å². The molecule has 0 heterocycles. The predicted octanol–water partition coefficient (Wildman–Crippen LogP) is 4.08. The third-order valence-corrected chi connectivity index (χ3v) is 4.79. The maximum absolute atomic E-state index is 13.0. The number of amides is 1. The van der Waals surface area contributed by atoms with Crippen molar-refractivity contribution < 1.29 is 18.7 Å². The molecule has 0 bridgehead atoms. The van der Waals surface area contributed by atoms with E-state index in [4.69, 9.17) is 4.74 Å². The molecule has 0 spiro atoms. The summed E-state index contributed by atoms with van der Waals surface area (Å²) in [7, 11) is 0. The number of hydrogen-bond acceptors (Lipinski definition) is 3. The number of rotatable bonds is 5. The SMILES string of the molecule is Cc1ccc(OCC(=O)N[C@@H](C)c2ccc(F)cc2)c2c1[C@H](C)CC2=O. The van der Waals surface area contributed by atoms with Crippen LogP contribution in [0.3, 0.4) is 0 Å². The zero-order valence-corrected chi connectivity index (χ0v) is 15.1. The second-order valence-electron chi connectivity index (χ2n) is 6.83. The highest BCUT2D eigenvalue weighted by atomic mass is 19.1. The van der Waals surface area contributed by atoms with Gasteiger partial charge in [0.05, 0.1) is 11.6 Å². The lowest BCUT2D eigenvalue weighted by Crippen LogP contribution is -2.31. The summed E-state index contributed by atoms with van der Waals surface area (Å²) >= 11 is 0. The van der Waals surface area contributed by atoms with E-state index in [1.165, 1.54) is 12.1 Å². The van der Waals surface area contributed by atoms with Gasteiger partial charge in [-0.15, -0.1) is 0 Å². The number of hydrogen-bond donors (Lipinski definition) is 1. The van der Waals surface area contributed by atoms with E-state index in [1.54, 1.807) is 18.2 Å². The van der Waals surface area contributed by atoms with Crippen molar-refractivity contribution in [1.29, 1.82) is 0 Å². The van der Waals surface area contributed by atoms with E-state index in [0.29, 0.717) is 17.7 Å². The van der Waals surface area contributed by atoms with Crippen molar-refractivity contribution in [3.63, 3.8) is 0 Å². The zero-order chi connectivity index (χ0) is 18.8. The molecule has 3 rings (SSSR count). The van der Waals surface area contributed by atoms with Crippen LogP contribution in [-0.4, -0.2) is 18.3 Å². The van der Waals surface area contributed by atoms with Crippen LogP contribution >= 0.6 is 0 Å². The minimum Gasteiger partial charge on any atom is -0.483 e. The molecule has 4 nitrogen and oxygen atoms in total. The minimum absolute atomic E-state index is 0.0614. The summed E-state index contributed by atoms with van der Waals surface area (Å²) in [6.07, 6.45) is 0.477. The van der Waals surface area contributed by atoms with Gasteiger partial charge in [-0.1, -0.05) is 25.1 Å². The Kier molecular flexibility index (Phi) is 5.07. The predicted molar refractivity (Wildman–Crippen MR) is 97.0 cm³/mol. The lowest BCUT2D eigenvalue weighted by atomic mass is 9.97. The van der Waals surface area contributed by atoms with Crippen LogP contribution in [0.4, 0.5) is 4.39 Å². The second-order valence-corrected chi connectivity index (χ2v) is 6.83. The van der Waals surface area contributed by atoms with Gasteiger partial charge in [0.1, 0.15) is 11.6 Å². The lowest BCUT2D eigenvalue weighted by molar-refractivity contribution is -0.123. The highest BCUT2D eigenvalue weighted by Gasteiger charge is 2.31. The van der Waals surface area contributed by atoms with Crippen LogP contribution in [-0.2, 0) is 4.79 Å². The van der Waals surface area contributed by atoms with E-state index in [1.807, 2.05) is 26.8 Å². The minimum atomic E-state index is -0.317. The zero-order valence-electron chi connectivity index (χ0n) is 15.1. The maximum Gasteiger partial charge on any atom is 0.258 e. The van der Waals surface area contributed by atoms with Crippen LogP contribution in [0, 0.1) is 12.7 Å². The molecular formula is C21H22FNO3. The number of benzene rings is 2. The van der Waals surface area contributed by atoms with E-state index >= 15 is 0 Å². The van der Waals surface area contributed by atoms with Gasteiger partial charge in [0.25, 0.3) is 5.91 Å². The normalized spacial score (nSPS) is 16.9. The number of halogens is 1. The van der Waals surface area contributed by atoms with Crippen molar-refractivity contribution in [3.8, 4) is 5.75 Å². The smallest absolute Gasteiger partial charge is 0.258 e. The molecule has 0 aliphatic heterocycles. The molecule has 0 aromatic heterocycles. The first-order chi connectivity index (χ1) is 12.4. The molecule has 1 aliphatic rings. The molecule has 1 N–H and O–H groups in total. The number of nitrogens with one attached hydrogen (secondary N) is 1. The first kappa shape index (κ1) is 18.1. The van der Waals surface area contributed by atoms with Crippen LogP contribution in [0.2, 0.25) is 0 Å². The first-order valence-corrected chi connectivity index (χ1v) is 8.71. The standard InChI is InChI=1S/C21H22FNO3/c1-12-4-9-18(21-17(24)10-13(2)20(12)21)26-11-19(25)23-14(3)15-5-7-16(22)8-6-15/h4-9,13-14H,10-11H2,1-3H3,(H,23,25)/t13-,14+/m1/s1. The van der Waals surface area contributed by atoms with Crippen molar-refractivity contribution in [2.24, 2.45) is 0 Å². The molecule has 26 heavy (non-hydrogen) atoms. The average molecular weight is 355 g/mol. The largest absolute Gasteiger partial charge is 0.483 e. The number of Topliss-reactive ketones (excluding diaryl/α,β-unsaturated/α-hetero) is 1. The van der Waals surface area contributed by atoms with Gasteiger partial charge in [-0.25, -0.2) is 4.39 Å². The first-order valence-electron chi connectivity index (χ1n) is 8.71. The van der Waals surface area contributed by atoms with Crippen LogP contribution in [0.1, 0.15) is 59.3 Å². The summed E-state index contributed by atoms with van der Waals surface area (Å²) < 4.78 is 18.6. The molecule has 0 saturated carbocycles. The van der Waals surface area contributed by atoms with Gasteiger partial charge in [-0.05, 0) is 54.7 Å². The number of aryl methyl sites for hydroxylation is 1. The van der Waals surface area contributed by atoms with E-state index < -0.39 is 0 Å². The molecule has 2 aromatic carbocycles. The number of carbonyl (C=O) groups excluding carboxylic acids is 2. The van der Waals surface area contributed by atoms with E-state index in [0.717, 1.165) is 16.7 Å². The molecule has 2 atom stereocenters. The van der Waals surface area contributed by atoms with Crippen LogP contribution in [0.25, 0.3) is 0 Å². The summed E-state index contributed by atoms with van der Waals surface area (Å²) in [6.45, 7) is 5.65. The number of ether oxygens (including phenoxy) is 1. The molecule has 2 aromatic rings. The molecule has 0 saturated heterocycles. The molecule has 1 amide bonds. The summed E-state index contributed by atoms with van der Waals surface area (Å²) in [6, 6.07) is 9.39. The fourth-order valence-electron chi connectivity index (χ4n) is 3.49. The van der Waals surface area contributed by atoms with Gasteiger partial charge in [0.15, 0.2) is 12.4 Å². The van der Waals surface area contributed by atoms with Crippen molar-refractivity contribution in [2.45, 2.75) is 39.2 Å². The second kappa shape index (κ2) is 7.28. The van der Waals surface area contributed by atoms with Crippen molar-refractivity contribution >= 4 is 11.7 Å². The Morgan fingerprint density at radius 3 is 2.65 bits per heavy atom.